The van der Waals surface area contributed by atoms with E-state index in [0.29, 0.717) is 22.8 Å². The first kappa shape index (κ1) is 13.8. The number of hydrogen-bond acceptors (Lipinski definition) is 4. The van der Waals surface area contributed by atoms with Gasteiger partial charge in [-0.05, 0) is 19.1 Å². The number of benzene rings is 1. The van der Waals surface area contributed by atoms with Crippen molar-refractivity contribution in [3.63, 3.8) is 0 Å². The van der Waals surface area contributed by atoms with Gasteiger partial charge < -0.3 is 14.2 Å². The summed E-state index contributed by atoms with van der Waals surface area (Å²) < 4.78 is 15.5. The maximum Gasteiger partial charge on any atom is 0.203 e. The van der Waals surface area contributed by atoms with Crippen LogP contribution in [0.1, 0.15) is 17.3 Å². The van der Waals surface area contributed by atoms with Gasteiger partial charge in [0.15, 0.2) is 17.3 Å². The summed E-state index contributed by atoms with van der Waals surface area (Å²) >= 11 is 3.24. The summed E-state index contributed by atoms with van der Waals surface area (Å²) in [7, 11) is 4.56. The van der Waals surface area contributed by atoms with Crippen molar-refractivity contribution in [1.29, 1.82) is 0 Å². The monoisotopic (exact) mass is 302 g/mol. The summed E-state index contributed by atoms with van der Waals surface area (Å²) in [6.07, 6.45) is 0. The molecule has 17 heavy (non-hydrogen) atoms. The Morgan fingerprint density at radius 2 is 1.59 bits per heavy atom. The molecule has 0 aliphatic rings. The molecule has 0 spiro atoms. The van der Waals surface area contributed by atoms with E-state index < -0.39 is 0 Å². The number of ether oxygens (including phenoxy) is 3. The van der Waals surface area contributed by atoms with Gasteiger partial charge in [-0.2, -0.15) is 0 Å². The molecule has 0 radical (unpaired) electrons. The fourth-order valence-electron chi connectivity index (χ4n) is 1.45. The van der Waals surface area contributed by atoms with Crippen molar-refractivity contribution >= 4 is 21.7 Å². The van der Waals surface area contributed by atoms with E-state index in [1.54, 1.807) is 19.1 Å². The van der Waals surface area contributed by atoms with Crippen molar-refractivity contribution < 1.29 is 19.0 Å². The minimum atomic E-state index is -0.259. The zero-order valence-corrected chi connectivity index (χ0v) is 11.8. The molecule has 0 amide bonds. The molecule has 1 aromatic carbocycles. The van der Waals surface area contributed by atoms with Gasteiger partial charge in [-0.1, -0.05) is 15.9 Å². The highest BCUT2D eigenvalue weighted by atomic mass is 79.9. The highest BCUT2D eigenvalue weighted by Gasteiger charge is 2.19. The van der Waals surface area contributed by atoms with Crippen LogP contribution in [0.25, 0.3) is 0 Å². The molecule has 1 rings (SSSR count). The molecule has 0 bridgehead atoms. The molecular formula is C12H15BrO4. The Bertz CT molecular complexity index is 390. The Kier molecular flexibility index (Phi) is 4.81. The number of ketones is 1. The van der Waals surface area contributed by atoms with E-state index in [9.17, 15) is 4.79 Å². The van der Waals surface area contributed by atoms with Crippen molar-refractivity contribution in [3.05, 3.63) is 17.7 Å². The lowest BCUT2D eigenvalue weighted by Gasteiger charge is -2.14. The molecule has 0 aromatic heterocycles. The van der Waals surface area contributed by atoms with E-state index in [4.69, 9.17) is 14.2 Å². The lowest BCUT2D eigenvalue weighted by molar-refractivity contribution is 0.0995. The Labute approximate surface area is 109 Å². The maximum atomic E-state index is 11.9. The number of methoxy groups -OCH3 is 3. The van der Waals surface area contributed by atoms with Crippen LogP contribution >= 0.6 is 15.9 Å². The average molecular weight is 303 g/mol. The van der Waals surface area contributed by atoms with Crippen LogP contribution in [0.5, 0.6) is 17.2 Å². The number of carbonyl (C=O) groups excluding carboxylic acids is 1. The van der Waals surface area contributed by atoms with Crippen LogP contribution in [0.3, 0.4) is 0 Å². The van der Waals surface area contributed by atoms with Crippen molar-refractivity contribution in [2.75, 3.05) is 21.3 Å². The van der Waals surface area contributed by atoms with Gasteiger partial charge in [0.05, 0.1) is 26.2 Å². The second-order valence-electron chi connectivity index (χ2n) is 3.39. The van der Waals surface area contributed by atoms with Gasteiger partial charge in [-0.15, -0.1) is 0 Å². The number of halogens is 1. The van der Waals surface area contributed by atoms with Gasteiger partial charge in [0.25, 0.3) is 0 Å². The van der Waals surface area contributed by atoms with Crippen LogP contribution in [0.15, 0.2) is 12.1 Å². The summed E-state index contributed by atoms with van der Waals surface area (Å²) in [4.78, 5) is 11.6. The van der Waals surface area contributed by atoms with Gasteiger partial charge in [0.2, 0.25) is 5.75 Å². The predicted octanol–water partition coefficient (Wildman–Crippen LogP) is 2.68. The zero-order chi connectivity index (χ0) is 13.0. The van der Waals surface area contributed by atoms with E-state index in [1.807, 2.05) is 0 Å². The minimum absolute atomic E-state index is 0.0377. The van der Waals surface area contributed by atoms with Gasteiger partial charge in [0, 0.05) is 5.56 Å². The molecule has 0 heterocycles. The van der Waals surface area contributed by atoms with Crippen molar-refractivity contribution in [1.82, 2.24) is 0 Å². The quantitative estimate of drug-likeness (QED) is 0.620. The van der Waals surface area contributed by atoms with Gasteiger partial charge >= 0.3 is 0 Å². The summed E-state index contributed by atoms with van der Waals surface area (Å²) in [5, 5.41) is 0. The first-order chi connectivity index (χ1) is 8.04. The number of rotatable bonds is 5. The molecule has 0 N–H and O–H groups in total. The standard InChI is InChI=1S/C12H15BrO4/c1-7(13)11(14)8-5-9(15-2)12(17-4)10(6-8)16-3/h5-7H,1-4H3/t7-/m1/s1. The molecule has 0 saturated heterocycles. The third-order valence-electron chi connectivity index (χ3n) is 2.31. The molecule has 94 valence electrons. The number of Topliss-reactive ketones (excluding diaryl/α,β-unsaturated/α-hetero) is 1. The molecule has 0 saturated carbocycles. The molecule has 4 nitrogen and oxygen atoms in total. The third-order valence-corrected chi connectivity index (χ3v) is 2.73. The van der Waals surface area contributed by atoms with E-state index >= 15 is 0 Å². The van der Waals surface area contributed by atoms with Gasteiger partial charge in [-0.3, -0.25) is 4.79 Å². The van der Waals surface area contributed by atoms with Crippen LogP contribution in [0, 0.1) is 0 Å². The largest absolute Gasteiger partial charge is 0.493 e. The normalized spacial score (nSPS) is 11.8. The first-order valence-electron chi connectivity index (χ1n) is 5.03. The van der Waals surface area contributed by atoms with Crippen LogP contribution < -0.4 is 14.2 Å². The SMILES string of the molecule is COc1cc(C(=O)[C@@H](C)Br)cc(OC)c1OC. The lowest BCUT2D eigenvalue weighted by atomic mass is 10.1. The molecule has 0 unspecified atom stereocenters. The molecular weight excluding hydrogens is 288 g/mol. The Morgan fingerprint density at radius 1 is 1.12 bits per heavy atom. The highest BCUT2D eigenvalue weighted by Crippen LogP contribution is 2.38. The summed E-state index contributed by atoms with van der Waals surface area (Å²) in [6.45, 7) is 1.77. The molecule has 0 fully saturated rings. The summed E-state index contributed by atoms with van der Waals surface area (Å²) in [5.74, 6) is 1.39. The Morgan fingerprint density at radius 3 is 1.88 bits per heavy atom. The van der Waals surface area contributed by atoms with E-state index in [0.717, 1.165) is 0 Å². The van der Waals surface area contributed by atoms with Crippen LogP contribution in [0.2, 0.25) is 0 Å². The summed E-state index contributed by atoms with van der Waals surface area (Å²) in [5.41, 5.74) is 0.517. The van der Waals surface area contributed by atoms with E-state index in [2.05, 4.69) is 15.9 Å². The average Bonchev–Trinajstić information content (AvgIpc) is 2.35. The lowest BCUT2D eigenvalue weighted by Crippen LogP contribution is -2.10. The zero-order valence-electron chi connectivity index (χ0n) is 10.2. The van der Waals surface area contributed by atoms with Crippen molar-refractivity contribution in [2.24, 2.45) is 0 Å². The number of alkyl halides is 1. The summed E-state index contributed by atoms with van der Waals surface area (Å²) in [6, 6.07) is 3.28. The number of hydrogen-bond donors (Lipinski definition) is 0. The molecule has 1 aromatic rings. The maximum absolute atomic E-state index is 11.9. The van der Waals surface area contributed by atoms with Crippen LogP contribution in [-0.2, 0) is 0 Å². The Hall–Kier alpha value is -1.23. The molecule has 0 aliphatic heterocycles. The smallest absolute Gasteiger partial charge is 0.203 e. The first-order valence-corrected chi connectivity index (χ1v) is 5.95. The number of carbonyl (C=O) groups is 1. The fourth-order valence-corrected chi connectivity index (χ4v) is 1.72. The van der Waals surface area contributed by atoms with E-state index in [-0.39, 0.29) is 10.6 Å². The highest BCUT2D eigenvalue weighted by molar-refractivity contribution is 9.10. The second kappa shape index (κ2) is 5.91. The minimum Gasteiger partial charge on any atom is -0.493 e. The van der Waals surface area contributed by atoms with E-state index in [1.165, 1.54) is 21.3 Å². The fraction of sp³-hybridized carbons (Fsp3) is 0.417. The van der Waals surface area contributed by atoms with Crippen molar-refractivity contribution in [2.45, 2.75) is 11.8 Å². The van der Waals surface area contributed by atoms with Gasteiger partial charge in [0.1, 0.15) is 0 Å². The molecule has 5 heteroatoms. The molecule has 1 atom stereocenters. The van der Waals surface area contributed by atoms with Crippen LogP contribution in [-0.4, -0.2) is 31.9 Å². The Balaban J connectivity index is 3.32. The molecule has 0 aliphatic carbocycles. The third kappa shape index (κ3) is 2.91. The van der Waals surface area contributed by atoms with Crippen LogP contribution in [0.4, 0.5) is 0 Å². The predicted molar refractivity (Wildman–Crippen MR) is 68.8 cm³/mol. The van der Waals surface area contributed by atoms with Crippen molar-refractivity contribution in [3.8, 4) is 17.2 Å². The second-order valence-corrected chi connectivity index (χ2v) is 4.77. The topological polar surface area (TPSA) is 44.8 Å². The van der Waals surface area contributed by atoms with Gasteiger partial charge in [-0.25, -0.2) is 0 Å².